The Labute approximate surface area is 123 Å². The Bertz CT molecular complexity index is 403. The van der Waals surface area contributed by atoms with Gasteiger partial charge in [-0.1, -0.05) is 53.7 Å². The Balaban J connectivity index is 2.10. The molecule has 1 aliphatic rings. The minimum absolute atomic E-state index is 0.683. The fourth-order valence-corrected chi connectivity index (χ4v) is 4.12. The molecule has 0 radical (unpaired) electrons. The summed E-state index contributed by atoms with van der Waals surface area (Å²) in [5.41, 5.74) is 2.26. The standard InChI is InChI=1S/C14H22BrClN2/c1-3-12-14(16)13(18(2)17-12)9-10-6-4-5-7-11(15)8-10/h10-11H,3-9H2,1-2H3. The lowest BCUT2D eigenvalue weighted by Gasteiger charge is -2.16. The van der Waals surface area contributed by atoms with E-state index in [4.69, 9.17) is 11.6 Å². The number of nitrogens with zero attached hydrogens (tertiary/aromatic N) is 2. The maximum Gasteiger partial charge on any atom is 0.0849 e. The number of halogens is 2. The molecule has 1 aromatic rings. The molecule has 1 fully saturated rings. The van der Waals surface area contributed by atoms with Gasteiger partial charge < -0.3 is 0 Å². The van der Waals surface area contributed by atoms with Gasteiger partial charge in [-0.25, -0.2) is 0 Å². The van der Waals surface area contributed by atoms with Gasteiger partial charge in [-0.15, -0.1) is 0 Å². The van der Waals surface area contributed by atoms with Crippen molar-refractivity contribution < 1.29 is 0 Å². The first-order valence-electron chi connectivity index (χ1n) is 6.96. The molecular formula is C14H22BrClN2. The van der Waals surface area contributed by atoms with Gasteiger partial charge in [0.15, 0.2) is 0 Å². The molecule has 0 spiro atoms. The van der Waals surface area contributed by atoms with E-state index in [1.165, 1.54) is 37.8 Å². The molecule has 0 bridgehead atoms. The van der Waals surface area contributed by atoms with E-state index in [9.17, 15) is 0 Å². The number of hydrogen-bond donors (Lipinski definition) is 0. The number of alkyl halides is 1. The van der Waals surface area contributed by atoms with Gasteiger partial charge in [0, 0.05) is 11.9 Å². The van der Waals surface area contributed by atoms with Gasteiger partial charge >= 0.3 is 0 Å². The Morgan fingerprint density at radius 2 is 2.11 bits per heavy atom. The Morgan fingerprint density at radius 1 is 1.39 bits per heavy atom. The van der Waals surface area contributed by atoms with E-state index in [0.717, 1.165) is 29.5 Å². The first kappa shape index (κ1) is 14.4. The van der Waals surface area contributed by atoms with Gasteiger partial charge in [0.05, 0.1) is 16.4 Å². The highest BCUT2D eigenvalue weighted by Gasteiger charge is 2.22. The Morgan fingerprint density at radius 3 is 2.78 bits per heavy atom. The molecule has 2 rings (SSSR count). The smallest absolute Gasteiger partial charge is 0.0849 e. The summed E-state index contributed by atoms with van der Waals surface area (Å²) < 4.78 is 1.98. The maximum absolute atomic E-state index is 6.43. The molecule has 102 valence electrons. The highest BCUT2D eigenvalue weighted by Crippen LogP contribution is 2.32. The van der Waals surface area contributed by atoms with Crippen LogP contribution >= 0.6 is 27.5 Å². The average Bonchev–Trinajstić information content (AvgIpc) is 2.53. The molecule has 1 aliphatic carbocycles. The molecule has 1 saturated carbocycles. The Kier molecular flexibility index (Phi) is 5.14. The molecular weight excluding hydrogens is 312 g/mol. The quantitative estimate of drug-likeness (QED) is 0.587. The summed E-state index contributed by atoms with van der Waals surface area (Å²) in [6.45, 7) is 2.11. The van der Waals surface area contributed by atoms with E-state index in [1.807, 2.05) is 11.7 Å². The van der Waals surface area contributed by atoms with E-state index >= 15 is 0 Å². The second-order valence-electron chi connectivity index (χ2n) is 5.37. The van der Waals surface area contributed by atoms with E-state index < -0.39 is 0 Å². The van der Waals surface area contributed by atoms with Crippen molar-refractivity contribution >= 4 is 27.5 Å². The van der Waals surface area contributed by atoms with Crippen molar-refractivity contribution in [2.75, 3.05) is 0 Å². The monoisotopic (exact) mass is 332 g/mol. The molecule has 4 heteroatoms. The summed E-state index contributed by atoms with van der Waals surface area (Å²) in [5, 5.41) is 5.41. The van der Waals surface area contributed by atoms with Crippen molar-refractivity contribution in [1.29, 1.82) is 0 Å². The summed E-state index contributed by atoms with van der Waals surface area (Å²) in [6.07, 6.45) is 8.60. The second kappa shape index (κ2) is 6.42. The third-order valence-electron chi connectivity index (χ3n) is 3.95. The summed E-state index contributed by atoms with van der Waals surface area (Å²) >= 11 is 10.2. The molecule has 0 aromatic carbocycles. The largest absolute Gasteiger partial charge is 0.271 e. The summed E-state index contributed by atoms with van der Waals surface area (Å²) in [4.78, 5) is 0.683. The van der Waals surface area contributed by atoms with Crippen molar-refractivity contribution in [3.05, 3.63) is 16.4 Å². The predicted molar refractivity (Wildman–Crippen MR) is 80.6 cm³/mol. The SMILES string of the molecule is CCc1nn(C)c(CC2CCCCC(Br)C2)c1Cl. The minimum atomic E-state index is 0.683. The zero-order valence-corrected chi connectivity index (χ0v) is 13.6. The fraction of sp³-hybridized carbons (Fsp3) is 0.786. The van der Waals surface area contributed by atoms with Gasteiger partial charge in [0.25, 0.3) is 0 Å². The van der Waals surface area contributed by atoms with Crippen LogP contribution in [0.3, 0.4) is 0 Å². The summed E-state index contributed by atoms with van der Waals surface area (Å²) in [5.74, 6) is 0.745. The number of aryl methyl sites for hydroxylation is 2. The molecule has 18 heavy (non-hydrogen) atoms. The third kappa shape index (κ3) is 3.30. The highest BCUT2D eigenvalue weighted by atomic mass is 79.9. The predicted octanol–water partition coefficient (Wildman–Crippen LogP) is 4.52. The second-order valence-corrected chi connectivity index (χ2v) is 7.05. The van der Waals surface area contributed by atoms with Gasteiger partial charge in [0.1, 0.15) is 0 Å². The Hall–Kier alpha value is -0.0200. The fourth-order valence-electron chi connectivity index (χ4n) is 2.90. The molecule has 2 unspecified atom stereocenters. The van der Waals surface area contributed by atoms with E-state index in [1.54, 1.807) is 0 Å². The van der Waals surface area contributed by atoms with Crippen LogP contribution in [0.5, 0.6) is 0 Å². The van der Waals surface area contributed by atoms with Crippen molar-refractivity contribution in [3.63, 3.8) is 0 Å². The van der Waals surface area contributed by atoms with Gasteiger partial charge in [-0.05, 0) is 31.6 Å². The summed E-state index contributed by atoms with van der Waals surface area (Å²) in [7, 11) is 2.02. The highest BCUT2D eigenvalue weighted by molar-refractivity contribution is 9.09. The first-order chi connectivity index (χ1) is 8.61. The lowest BCUT2D eigenvalue weighted by atomic mass is 9.95. The van der Waals surface area contributed by atoms with Crippen LogP contribution in [0, 0.1) is 5.92 Å². The number of rotatable bonds is 3. The van der Waals surface area contributed by atoms with Gasteiger partial charge in [-0.2, -0.15) is 5.10 Å². The maximum atomic E-state index is 6.43. The van der Waals surface area contributed by atoms with E-state index in [0.29, 0.717) is 4.83 Å². The zero-order chi connectivity index (χ0) is 13.1. The van der Waals surface area contributed by atoms with Crippen molar-refractivity contribution in [3.8, 4) is 0 Å². The van der Waals surface area contributed by atoms with Crippen LogP contribution in [0.25, 0.3) is 0 Å². The number of aromatic nitrogens is 2. The molecule has 2 atom stereocenters. The lowest BCUT2D eigenvalue weighted by molar-refractivity contribution is 0.449. The normalized spacial score (nSPS) is 25.1. The van der Waals surface area contributed by atoms with E-state index in [-0.39, 0.29) is 0 Å². The molecule has 0 saturated heterocycles. The average molecular weight is 334 g/mol. The van der Waals surface area contributed by atoms with Crippen LogP contribution < -0.4 is 0 Å². The first-order valence-corrected chi connectivity index (χ1v) is 8.25. The zero-order valence-electron chi connectivity index (χ0n) is 11.3. The van der Waals surface area contributed by atoms with Crippen molar-refractivity contribution in [1.82, 2.24) is 9.78 Å². The minimum Gasteiger partial charge on any atom is -0.271 e. The van der Waals surface area contributed by atoms with Crippen LogP contribution in [-0.4, -0.2) is 14.6 Å². The van der Waals surface area contributed by atoms with Crippen LogP contribution in [0.15, 0.2) is 0 Å². The molecule has 0 amide bonds. The van der Waals surface area contributed by atoms with Crippen molar-refractivity contribution in [2.24, 2.45) is 13.0 Å². The van der Waals surface area contributed by atoms with Crippen LogP contribution in [0.2, 0.25) is 5.02 Å². The van der Waals surface area contributed by atoms with Crippen LogP contribution in [-0.2, 0) is 19.9 Å². The molecule has 1 aromatic heterocycles. The third-order valence-corrected chi connectivity index (χ3v) is 5.22. The van der Waals surface area contributed by atoms with E-state index in [2.05, 4.69) is 28.0 Å². The van der Waals surface area contributed by atoms with Gasteiger partial charge in [-0.3, -0.25) is 4.68 Å². The molecule has 0 aliphatic heterocycles. The summed E-state index contributed by atoms with van der Waals surface area (Å²) in [6, 6.07) is 0. The van der Waals surface area contributed by atoms with Crippen LogP contribution in [0.4, 0.5) is 0 Å². The van der Waals surface area contributed by atoms with Gasteiger partial charge in [0.2, 0.25) is 0 Å². The molecule has 2 nitrogen and oxygen atoms in total. The molecule has 1 heterocycles. The number of hydrogen-bond acceptors (Lipinski definition) is 1. The van der Waals surface area contributed by atoms with Crippen LogP contribution in [0.1, 0.15) is 50.4 Å². The van der Waals surface area contributed by atoms with Crippen molar-refractivity contribution in [2.45, 2.75) is 56.7 Å². The lowest BCUT2D eigenvalue weighted by Crippen LogP contribution is -2.11. The topological polar surface area (TPSA) is 17.8 Å². The molecule has 0 N–H and O–H groups in total.